The van der Waals surface area contributed by atoms with Crippen molar-refractivity contribution in [3.05, 3.63) is 215 Å². The Balaban J connectivity index is 1.07. The molecule has 10 atom stereocenters. The minimum Gasteiger partial charge on any atom is -0.385 e. The SMILES string of the molecule is CO[C@@H]1O[C@H](CO[C@@H]2O[C@H](COCc3ccccc3)[C@@H](OCc3ccccc3)[C@H](OCc3ccccc3)[C@H]2O)[C@H](OCc2ccccc2)[C@H](OCc2ccccc2)[C@H]1OCc1ccccc1. The van der Waals surface area contributed by atoms with Crippen LogP contribution in [-0.4, -0.2) is 86.8 Å². The van der Waals surface area contributed by atoms with Crippen LogP contribution in [-0.2, 0) is 87.0 Å². The lowest BCUT2D eigenvalue weighted by molar-refractivity contribution is -0.346. The highest BCUT2D eigenvalue weighted by atomic mass is 16.7. The van der Waals surface area contributed by atoms with Crippen LogP contribution in [0.15, 0.2) is 182 Å². The molecule has 6 aromatic carbocycles. The molecule has 0 aliphatic carbocycles. The normalized spacial score (nSPS) is 25.4. The zero-order valence-corrected chi connectivity index (χ0v) is 37.3. The topological polar surface area (TPSA) is 113 Å². The number of ether oxygens (including phenoxy) is 10. The van der Waals surface area contributed by atoms with Crippen molar-refractivity contribution in [1.29, 1.82) is 0 Å². The minimum absolute atomic E-state index is 0.0732. The molecule has 11 nitrogen and oxygen atoms in total. The third-order valence-corrected chi connectivity index (χ3v) is 11.7. The maximum absolute atomic E-state index is 12.3. The molecule has 346 valence electrons. The van der Waals surface area contributed by atoms with Crippen molar-refractivity contribution >= 4 is 0 Å². The van der Waals surface area contributed by atoms with Gasteiger partial charge >= 0.3 is 0 Å². The summed E-state index contributed by atoms with van der Waals surface area (Å²) in [5.41, 5.74) is 5.87. The average Bonchev–Trinajstić information content (AvgIpc) is 3.37. The lowest BCUT2D eigenvalue weighted by atomic mass is 9.97. The van der Waals surface area contributed by atoms with Crippen LogP contribution in [0.4, 0.5) is 0 Å². The summed E-state index contributed by atoms with van der Waals surface area (Å²) in [7, 11) is 1.58. The van der Waals surface area contributed by atoms with E-state index in [1.165, 1.54) is 0 Å². The van der Waals surface area contributed by atoms with Crippen LogP contribution in [0.3, 0.4) is 0 Å². The number of hydrogen-bond acceptors (Lipinski definition) is 11. The Morgan fingerprint density at radius 2 is 0.667 bits per heavy atom. The van der Waals surface area contributed by atoms with Gasteiger partial charge in [0.2, 0.25) is 0 Å². The van der Waals surface area contributed by atoms with Gasteiger partial charge in [-0.2, -0.15) is 0 Å². The summed E-state index contributed by atoms with van der Waals surface area (Å²) in [5.74, 6) is 0. The minimum atomic E-state index is -1.28. The Morgan fingerprint density at radius 1 is 0.348 bits per heavy atom. The predicted octanol–water partition coefficient (Wildman–Crippen LogP) is 8.60. The van der Waals surface area contributed by atoms with Crippen LogP contribution < -0.4 is 0 Å². The van der Waals surface area contributed by atoms with Crippen molar-refractivity contribution in [2.24, 2.45) is 0 Å². The van der Waals surface area contributed by atoms with Crippen LogP contribution in [0.5, 0.6) is 0 Å². The summed E-state index contributed by atoms with van der Waals surface area (Å²) in [6, 6.07) is 59.5. The van der Waals surface area contributed by atoms with Gasteiger partial charge in [-0.25, -0.2) is 0 Å². The Morgan fingerprint density at radius 3 is 1.08 bits per heavy atom. The number of aliphatic hydroxyl groups excluding tert-OH is 1. The van der Waals surface area contributed by atoms with Crippen LogP contribution in [0, 0.1) is 0 Å². The molecule has 8 rings (SSSR count). The standard InChI is InChI=1S/C55H60O11/c1-57-55-53(63-37-45-30-18-7-19-31-45)52(62-36-44-28-16-6-17-29-44)50(60-34-42-24-12-4-13-25-42)47(66-55)39-64-54-48(56)51(61-35-43-26-14-5-15-27-43)49(59-33-41-22-10-3-11-23-41)46(65-54)38-58-32-40-20-8-2-9-21-40/h2-31,46-56H,32-39H2,1H3/t46-,47-,48-,49-,50+,51-,52+,53-,54-,55-/m1/s1. The summed E-state index contributed by atoms with van der Waals surface area (Å²) >= 11 is 0. The first kappa shape index (κ1) is 47.4. The number of rotatable bonds is 23. The molecule has 66 heavy (non-hydrogen) atoms. The number of benzene rings is 6. The fourth-order valence-electron chi connectivity index (χ4n) is 8.22. The molecule has 2 fully saturated rings. The molecule has 0 spiro atoms. The van der Waals surface area contributed by atoms with E-state index < -0.39 is 61.4 Å². The first-order valence-electron chi connectivity index (χ1n) is 22.6. The molecule has 0 unspecified atom stereocenters. The molecule has 2 heterocycles. The summed E-state index contributed by atoms with van der Waals surface area (Å²) < 4.78 is 65.9. The van der Waals surface area contributed by atoms with Crippen LogP contribution in [0.25, 0.3) is 0 Å². The first-order chi connectivity index (χ1) is 32.6. The van der Waals surface area contributed by atoms with Gasteiger partial charge in [0, 0.05) is 7.11 Å². The molecule has 1 N–H and O–H groups in total. The van der Waals surface area contributed by atoms with Gasteiger partial charge in [0.15, 0.2) is 12.6 Å². The maximum atomic E-state index is 12.3. The van der Waals surface area contributed by atoms with Crippen molar-refractivity contribution in [1.82, 2.24) is 0 Å². The van der Waals surface area contributed by atoms with Gasteiger partial charge in [-0.1, -0.05) is 182 Å². The van der Waals surface area contributed by atoms with Crippen molar-refractivity contribution in [3.8, 4) is 0 Å². The van der Waals surface area contributed by atoms with E-state index in [0.717, 1.165) is 33.4 Å². The Bertz CT molecular complexity index is 2220. The number of aliphatic hydroxyl groups is 1. The molecular formula is C55H60O11. The van der Waals surface area contributed by atoms with Crippen molar-refractivity contribution < 1.29 is 52.5 Å². The average molecular weight is 897 g/mol. The second kappa shape index (κ2) is 25.1. The highest BCUT2D eigenvalue weighted by molar-refractivity contribution is 5.18. The zero-order chi connectivity index (χ0) is 45.2. The van der Waals surface area contributed by atoms with E-state index in [1.807, 2.05) is 182 Å². The fourth-order valence-corrected chi connectivity index (χ4v) is 8.22. The highest BCUT2D eigenvalue weighted by Gasteiger charge is 2.51. The van der Waals surface area contributed by atoms with E-state index in [0.29, 0.717) is 13.2 Å². The van der Waals surface area contributed by atoms with Gasteiger partial charge in [0.05, 0.1) is 52.9 Å². The third kappa shape index (κ3) is 13.5. The van der Waals surface area contributed by atoms with Crippen LogP contribution >= 0.6 is 0 Å². The van der Waals surface area contributed by atoms with E-state index in [2.05, 4.69) is 0 Å². The first-order valence-corrected chi connectivity index (χ1v) is 22.6. The van der Waals surface area contributed by atoms with Crippen molar-refractivity contribution in [3.63, 3.8) is 0 Å². The molecule has 0 radical (unpaired) electrons. The molecule has 0 amide bonds. The zero-order valence-electron chi connectivity index (χ0n) is 37.3. The summed E-state index contributed by atoms with van der Waals surface area (Å²) in [4.78, 5) is 0. The number of hydrogen-bond donors (Lipinski definition) is 1. The molecule has 2 saturated heterocycles. The van der Waals surface area contributed by atoms with E-state index in [1.54, 1.807) is 7.11 Å². The smallest absolute Gasteiger partial charge is 0.186 e. The summed E-state index contributed by atoms with van der Waals surface area (Å²) in [5, 5.41) is 12.3. The quantitative estimate of drug-likeness (QED) is 0.0668. The molecule has 6 aromatic rings. The van der Waals surface area contributed by atoms with Crippen molar-refractivity contribution in [2.45, 2.75) is 101 Å². The lowest BCUT2D eigenvalue weighted by Gasteiger charge is -2.47. The lowest BCUT2D eigenvalue weighted by Crippen LogP contribution is -2.63. The van der Waals surface area contributed by atoms with Crippen LogP contribution in [0.1, 0.15) is 33.4 Å². The molecule has 11 heteroatoms. The van der Waals surface area contributed by atoms with Crippen LogP contribution in [0.2, 0.25) is 0 Å². The summed E-state index contributed by atoms with van der Waals surface area (Å²) in [6.45, 7) is 1.74. The third-order valence-electron chi connectivity index (χ3n) is 11.7. The van der Waals surface area contributed by atoms with Crippen molar-refractivity contribution in [2.75, 3.05) is 20.3 Å². The Kier molecular flexibility index (Phi) is 18.0. The Hall–Kier alpha value is -5.12. The second-order valence-corrected chi connectivity index (χ2v) is 16.5. The second-order valence-electron chi connectivity index (χ2n) is 16.5. The largest absolute Gasteiger partial charge is 0.385 e. The molecule has 0 bridgehead atoms. The number of methoxy groups -OCH3 is 1. The predicted molar refractivity (Wildman–Crippen MR) is 247 cm³/mol. The van der Waals surface area contributed by atoms with E-state index in [9.17, 15) is 5.11 Å². The van der Waals surface area contributed by atoms with Gasteiger partial charge in [0.25, 0.3) is 0 Å². The summed E-state index contributed by atoms with van der Waals surface area (Å²) in [6.07, 6.45) is -8.50. The molecular weight excluding hydrogens is 837 g/mol. The van der Waals surface area contributed by atoms with Gasteiger partial charge in [-0.15, -0.1) is 0 Å². The molecule has 0 saturated carbocycles. The molecule has 2 aliphatic heterocycles. The maximum Gasteiger partial charge on any atom is 0.186 e. The Labute approximate surface area is 388 Å². The van der Waals surface area contributed by atoms with Gasteiger partial charge in [-0.3, -0.25) is 0 Å². The fraction of sp³-hybridized carbons (Fsp3) is 0.345. The van der Waals surface area contributed by atoms with Gasteiger partial charge in [-0.05, 0) is 33.4 Å². The molecule has 0 aromatic heterocycles. The van der Waals surface area contributed by atoms with Gasteiger partial charge < -0.3 is 52.5 Å². The van der Waals surface area contributed by atoms with E-state index in [-0.39, 0.29) is 39.6 Å². The highest BCUT2D eigenvalue weighted by Crippen LogP contribution is 2.34. The monoisotopic (exact) mass is 896 g/mol. The molecule has 2 aliphatic rings. The van der Waals surface area contributed by atoms with E-state index in [4.69, 9.17) is 47.4 Å². The van der Waals surface area contributed by atoms with E-state index >= 15 is 0 Å². The van der Waals surface area contributed by atoms with Gasteiger partial charge in [0.1, 0.15) is 48.8 Å².